The van der Waals surface area contributed by atoms with Crippen molar-refractivity contribution in [2.24, 2.45) is 0 Å². The second-order valence-electron chi connectivity index (χ2n) is 7.12. The molecule has 4 rings (SSSR count). The molecule has 164 valence electrons. The summed E-state index contributed by atoms with van der Waals surface area (Å²) < 4.78 is 46.3. The van der Waals surface area contributed by atoms with Crippen molar-refractivity contribution in [2.75, 3.05) is 13.2 Å². The first-order valence-electron chi connectivity index (χ1n) is 9.37. The zero-order chi connectivity index (χ0) is 22.2. The fraction of sp³-hybridized carbons (Fsp3) is 0.368. The van der Waals surface area contributed by atoms with Gasteiger partial charge in [0.05, 0.1) is 12.0 Å². The third kappa shape index (κ3) is 4.15. The largest absolute Gasteiger partial charge is 0.395 e. The molecule has 0 atom stereocenters. The monoisotopic (exact) mass is 455 g/mol. The van der Waals surface area contributed by atoms with Crippen molar-refractivity contribution in [2.45, 2.75) is 31.2 Å². The number of aliphatic hydroxyl groups is 1. The van der Waals surface area contributed by atoms with Crippen LogP contribution in [0.25, 0.3) is 11.6 Å². The molecular weight excluding hydrogens is 439 g/mol. The van der Waals surface area contributed by atoms with E-state index in [-0.39, 0.29) is 29.8 Å². The van der Waals surface area contributed by atoms with Crippen LogP contribution >= 0.6 is 11.6 Å². The number of nitrogens with zero attached hydrogens (tertiary/aromatic N) is 4. The predicted octanol–water partition coefficient (Wildman–Crippen LogP) is 2.85. The highest BCUT2D eigenvalue weighted by Gasteiger charge is 2.51. The Hall–Kier alpha value is -2.92. The summed E-state index contributed by atoms with van der Waals surface area (Å²) in [5.74, 6) is -0.841. The second kappa shape index (κ2) is 8.31. The molecule has 1 saturated carbocycles. The van der Waals surface area contributed by atoms with Crippen LogP contribution in [0.15, 0.2) is 28.8 Å². The van der Waals surface area contributed by atoms with E-state index in [0.717, 1.165) is 10.7 Å². The molecule has 3 aromatic rings. The number of nitrogens with one attached hydrogen (secondary N) is 1. The van der Waals surface area contributed by atoms with Crippen LogP contribution in [0.1, 0.15) is 36.3 Å². The molecule has 0 spiro atoms. The van der Waals surface area contributed by atoms with Gasteiger partial charge >= 0.3 is 0 Å². The first-order valence-corrected chi connectivity index (χ1v) is 9.75. The van der Waals surface area contributed by atoms with Gasteiger partial charge in [-0.2, -0.15) is 10.1 Å². The van der Waals surface area contributed by atoms with E-state index in [4.69, 9.17) is 21.2 Å². The lowest BCUT2D eigenvalue weighted by atomic mass is 9.95. The molecule has 31 heavy (non-hydrogen) atoms. The van der Waals surface area contributed by atoms with E-state index in [1.54, 1.807) is 6.07 Å². The van der Waals surface area contributed by atoms with Crippen LogP contribution in [0.3, 0.4) is 0 Å². The first kappa shape index (κ1) is 21.3. The smallest absolute Gasteiger partial charge is 0.280 e. The minimum absolute atomic E-state index is 0.00197. The molecule has 0 unspecified atom stereocenters. The summed E-state index contributed by atoms with van der Waals surface area (Å²) in [5, 5.41) is 19.3. The topological polar surface area (TPSA) is 106 Å². The first-order chi connectivity index (χ1) is 14.8. The highest BCUT2D eigenvalue weighted by Crippen LogP contribution is 2.54. The van der Waals surface area contributed by atoms with Crippen LogP contribution in [-0.4, -0.2) is 44.1 Å². The lowest BCUT2D eigenvalue weighted by Crippen LogP contribution is -2.30. The van der Waals surface area contributed by atoms with Gasteiger partial charge in [0, 0.05) is 11.6 Å². The average Bonchev–Trinajstić information content (AvgIpc) is 3.17. The summed E-state index contributed by atoms with van der Waals surface area (Å²) in [4.78, 5) is 16.1. The molecule has 0 saturated heterocycles. The van der Waals surface area contributed by atoms with Gasteiger partial charge in [-0.1, -0.05) is 22.8 Å². The van der Waals surface area contributed by atoms with Crippen molar-refractivity contribution in [3.05, 3.63) is 52.2 Å². The van der Waals surface area contributed by atoms with Crippen LogP contribution in [0, 0.1) is 5.82 Å². The minimum Gasteiger partial charge on any atom is -0.395 e. The van der Waals surface area contributed by atoms with Crippen molar-refractivity contribution in [1.82, 2.24) is 25.2 Å². The van der Waals surface area contributed by atoms with Crippen molar-refractivity contribution in [1.29, 1.82) is 0 Å². The van der Waals surface area contributed by atoms with Gasteiger partial charge in [0.1, 0.15) is 18.1 Å². The number of amides is 1. The predicted molar refractivity (Wildman–Crippen MR) is 102 cm³/mol. The molecule has 2 N–H and O–H groups in total. The van der Waals surface area contributed by atoms with E-state index in [1.165, 1.54) is 12.1 Å². The van der Waals surface area contributed by atoms with Crippen molar-refractivity contribution >= 4 is 17.5 Å². The molecule has 0 aliphatic heterocycles. The maximum Gasteiger partial charge on any atom is 0.280 e. The summed E-state index contributed by atoms with van der Waals surface area (Å²) in [6, 6.07) is 5.14. The van der Waals surface area contributed by atoms with Crippen molar-refractivity contribution in [3.63, 3.8) is 0 Å². The third-order valence-electron chi connectivity index (χ3n) is 5.03. The van der Waals surface area contributed by atoms with Gasteiger partial charge < -0.3 is 14.9 Å². The second-order valence-corrected chi connectivity index (χ2v) is 7.52. The van der Waals surface area contributed by atoms with Gasteiger partial charge in [-0.05, 0) is 36.6 Å². The number of hydrogen-bond donors (Lipinski definition) is 2. The summed E-state index contributed by atoms with van der Waals surface area (Å²) in [7, 11) is 0. The number of benzene rings is 1. The maximum absolute atomic E-state index is 13.4. The Balaban J connectivity index is 1.62. The summed E-state index contributed by atoms with van der Waals surface area (Å²) in [5.41, 5.74) is -0.478. The highest BCUT2D eigenvalue weighted by molar-refractivity contribution is 6.31. The Labute approximate surface area is 179 Å². The number of aromatic nitrogens is 4. The number of carbonyl (C=O) groups excluding carboxylic acids is 1. The zero-order valence-electron chi connectivity index (χ0n) is 16.0. The quantitative estimate of drug-likeness (QED) is 0.541. The van der Waals surface area contributed by atoms with E-state index < -0.39 is 35.8 Å². The van der Waals surface area contributed by atoms with Crippen LogP contribution in [0.2, 0.25) is 5.02 Å². The van der Waals surface area contributed by atoms with E-state index >= 15 is 0 Å². The fourth-order valence-corrected chi connectivity index (χ4v) is 3.71. The molecule has 1 aromatic carbocycles. The summed E-state index contributed by atoms with van der Waals surface area (Å²) >= 11 is 6.19. The number of halogens is 4. The lowest BCUT2D eigenvalue weighted by molar-refractivity contribution is -0.122. The van der Waals surface area contributed by atoms with Crippen LogP contribution in [0.4, 0.5) is 13.2 Å². The Kier molecular flexibility index (Phi) is 5.71. The standard InChI is InChI=1S/C19H17ClF3N5O3/c20-12-7-10(21)1-2-11(12)19(3-4-19)18-25-17(31-27-18)13-8-14(16(22)23)28(26-13)9-15(30)24-5-6-29/h1-2,7-8,16,29H,3-6,9H2,(H,24,30). The molecule has 0 bridgehead atoms. The van der Waals surface area contributed by atoms with Crippen molar-refractivity contribution < 1.29 is 27.6 Å². The molecule has 12 heteroatoms. The summed E-state index contributed by atoms with van der Waals surface area (Å²) in [6.45, 7) is -0.740. The van der Waals surface area contributed by atoms with Crippen LogP contribution in [-0.2, 0) is 16.8 Å². The highest BCUT2D eigenvalue weighted by atomic mass is 35.5. The lowest BCUT2D eigenvalue weighted by Gasteiger charge is -2.12. The van der Waals surface area contributed by atoms with Crippen LogP contribution < -0.4 is 5.32 Å². The molecular formula is C19H17ClF3N5O3. The molecule has 8 nitrogen and oxygen atoms in total. The number of rotatable bonds is 8. The molecule has 1 aliphatic rings. The Morgan fingerprint density at radius 3 is 2.77 bits per heavy atom. The Morgan fingerprint density at radius 2 is 2.13 bits per heavy atom. The van der Waals surface area contributed by atoms with Gasteiger partial charge in [0.25, 0.3) is 12.3 Å². The molecule has 1 amide bonds. The van der Waals surface area contributed by atoms with E-state index in [2.05, 4.69) is 20.6 Å². The SMILES string of the molecule is O=C(Cn1nc(-c2nc(C3(c4ccc(F)cc4Cl)CC3)no2)cc1C(F)F)NCCO. The summed E-state index contributed by atoms with van der Waals surface area (Å²) in [6.07, 6.45) is -1.56. The molecule has 1 fully saturated rings. The van der Waals surface area contributed by atoms with E-state index in [0.29, 0.717) is 24.2 Å². The van der Waals surface area contributed by atoms with E-state index in [9.17, 15) is 18.0 Å². The average molecular weight is 456 g/mol. The normalized spacial score (nSPS) is 14.8. The number of aliphatic hydroxyl groups excluding tert-OH is 1. The number of hydrogen-bond acceptors (Lipinski definition) is 6. The van der Waals surface area contributed by atoms with Gasteiger partial charge in [-0.25, -0.2) is 13.2 Å². The maximum atomic E-state index is 13.4. The molecule has 0 radical (unpaired) electrons. The number of carbonyl (C=O) groups is 1. The van der Waals surface area contributed by atoms with Gasteiger partial charge in [0.2, 0.25) is 5.91 Å². The molecule has 1 aliphatic carbocycles. The van der Waals surface area contributed by atoms with Crippen LogP contribution in [0.5, 0.6) is 0 Å². The van der Waals surface area contributed by atoms with Gasteiger partial charge in [-0.15, -0.1) is 0 Å². The van der Waals surface area contributed by atoms with Gasteiger partial charge in [0.15, 0.2) is 11.5 Å². The fourth-order valence-electron chi connectivity index (χ4n) is 3.36. The molecule has 2 aromatic heterocycles. The zero-order valence-corrected chi connectivity index (χ0v) is 16.7. The Bertz CT molecular complexity index is 1110. The van der Waals surface area contributed by atoms with E-state index in [1.807, 2.05) is 0 Å². The third-order valence-corrected chi connectivity index (χ3v) is 5.34. The Morgan fingerprint density at radius 1 is 1.35 bits per heavy atom. The molecule has 2 heterocycles. The van der Waals surface area contributed by atoms with Crippen molar-refractivity contribution in [3.8, 4) is 11.6 Å². The van der Waals surface area contributed by atoms with Gasteiger partial charge in [-0.3, -0.25) is 9.48 Å². The minimum atomic E-state index is -2.89. The number of alkyl halides is 2.